The van der Waals surface area contributed by atoms with E-state index in [1.54, 1.807) is 0 Å². The van der Waals surface area contributed by atoms with Gasteiger partial charge >= 0.3 is 0 Å². The molecule has 0 saturated heterocycles. The van der Waals surface area contributed by atoms with Crippen molar-refractivity contribution in [3.8, 4) is 22.5 Å². The first kappa shape index (κ1) is 13.7. The second-order valence-corrected chi connectivity index (χ2v) is 5.54. The Bertz CT molecular complexity index is 922. The van der Waals surface area contributed by atoms with Crippen molar-refractivity contribution >= 4 is 11.0 Å². The number of aliphatic hydroxyl groups is 1. The summed E-state index contributed by atoms with van der Waals surface area (Å²) in [6.07, 6.45) is 0. The van der Waals surface area contributed by atoms with Gasteiger partial charge in [-0.1, -0.05) is 54.6 Å². The molecular formula is C20H16N2O. The minimum Gasteiger partial charge on any atom is -0.392 e. The molecule has 1 aromatic heterocycles. The van der Waals surface area contributed by atoms with Gasteiger partial charge < -0.3 is 10.1 Å². The van der Waals surface area contributed by atoms with Crippen LogP contribution in [0.4, 0.5) is 0 Å². The molecule has 3 heteroatoms. The number of imidazole rings is 1. The van der Waals surface area contributed by atoms with Crippen LogP contribution in [0.2, 0.25) is 0 Å². The van der Waals surface area contributed by atoms with Crippen LogP contribution in [0.15, 0.2) is 72.8 Å². The second kappa shape index (κ2) is 5.71. The lowest BCUT2D eigenvalue weighted by Crippen LogP contribution is -1.85. The van der Waals surface area contributed by atoms with E-state index in [0.717, 1.165) is 39.1 Å². The molecule has 3 nitrogen and oxygen atoms in total. The zero-order chi connectivity index (χ0) is 15.6. The van der Waals surface area contributed by atoms with E-state index in [1.807, 2.05) is 42.5 Å². The Morgan fingerprint density at radius 3 is 2.35 bits per heavy atom. The summed E-state index contributed by atoms with van der Waals surface area (Å²) in [5.41, 5.74) is 6.23. The van der Waals surface area contributed by atoms with Gasteiger partial charge in [0.05, 0.1) is 17.6 Å². The Morgan fingerprint density at radius 1 is 0.783 bits per heavy atom. The van der Waals surface area contributed by atoms with E-state index in [4.69, 9.17) is 0 Å². The fraction of sp³-hybridized carbons (Fsp3) is 0.0500. The molecule has 0 aliphatic carbocycles. The van der Waals surface area contributed by atoms with Crippen LogP contribution in [-0.2, 0) is 6.61 Å². The molecule has 0 unspecified atom stereocenters. The SMILES string of the molecule is OCc1cccc(-c2ccc(-c3nc4ccccc4[nH]3)cc2)c1. The largest absolute Gasteiger partial charge is 0.392 e. The van der Waals surface area contributed by atoms with Gasteiger partial charge in [0.1, 0.15) is 5.82 Å². The van der Waals surface area contributed by atoms with Crippen LogP contribution in [0.25, 0.3) is 33.5 Å². The number of para-hydroxylation sites is 2. The maximum absolute atomic E-state index is 9.26. The molecular weight excluding hydrogens is 284 g/mol. The van der Waals surface area contributed by atoms with Crippen molar-refractivity contribution in [2.75, 3.05) is 0 Å². The summed E-state index contributed by atoms with van der Waals surface area (Å²) in [7, 11) is 0. The second-order valence-electron chi connectivity index (χ2n) is 5.54. The van der Waals surface area contributed by atoms with E-state index >= 15 is 0 Å². The number of nitrogens with one attached hydrogen (secondary N) is 1. The molecule has 0 aliphatic rings. The number of aliphatic hydroxyl groups excluding tert-OH is 1. The predicted molar refractivity (Wildman–Crippen MR) is 92.9 cm³/mol. The van der Waals surface area contributed by atoms with Gasteiger partial charge in [-0.05, 0) is 34.9 Å². The van der Waals surface area contributed by atoms with E-state index in [1.165, 1.54) is 0 Å². The number of rotatable bonds is 3. The molecule has 0 fully saturated rings. The van der Waals surface area contributed by atoms with Crippen molar-refractivity contribution in [1.82, 2.24) is 9.97 Å². The fourth-order valence-electron chi connectivity index (χ4n) is 2.76. The Hall–Kier alpha value is -2.91. The normalized spacial score (nSPS) is 11.0. The molecule has 23 heavy (non-hydrogen) atoms. The van der Waals surface area contributed by atoms with Crippen LogP contribution in [0.3, 0.4) is 0 Å². The summed E-state index contributed by atoms with van der Waals surface area (Å²) in [4.78, 5) is 7.97. The van der Waals surface area contributed by atoms with E-state index in [-0.39, 0.29) is 6.61 Å². The van der Waals surface area contributed by atoms with Crippen molar-refractivity contribution in [3.05, 3.63) is 78.4 Å². The van der Waals surface area contributed by atoms with Crippen LogP contribution in [0.1, 0.15) is 5.56 Å². The van der Waals surface area contributed by atoms with E-state index in [0.29, 0.717) is 0 Å². The van der Waals surface area contributed by atoms with E-state index in [2.05, 4.69) is 40.3 Å². The quantitative estimate of drug-likeness (QED) is 0.589. The molecule has 0 amide bonds. The molecule has 4 rings (SSSR count). The molecule has 0 atom stereocenters. The zero-order valence-electron chi connectivity index (χ0n) is 12.5. The van der Waals surface area contributed by atoms with Gasteiger partial charge in [-0.3, -0.25) is 0 Å². The fourth-order valence-corrected chi connectivity index (χ4v) is 2.76. The molecule has 3 aromatic carbocycles. The van der Waals surface area contributed by atoms with Gasteiger partial charge in [0.2, 0.25) is 0 Å². The standard InChI is InChI=1S/C20H16N2O/c23-13-14-4-3-5-17(12-14)15-8-10-16(11-9-15)20-21-18-6-1-2-7-19(18)22-20/h1-12,23H,13H2,(H,21,22). The number of aromatic amines is 1. The number of nitrogens with zero attached hydrogens (tertiary/aromatic N) is 1. The topological polar surface area (TPSA) is 48.9 Å². The van der Waals surface area contributed by atoms with Crippen molar-refractivity contribution < 1.29 is 5.11 Å². The molecule has 0 saturated carbocycles. The van der Waals surface area contributed by atoms with Crippen molar-refractivity contribution in [1.29, 1.82) is 0 Å². The van der Waals surface area contributed by atoms with Crippen molar-refractivity contribution in [2.45, 2.75) is 6.61 Å². The van der Waals surface area contributed by atoms with Gasteiger partial charge in [0.15, 0.2) is 0 Å². The highest BCUT2D eigenvalue weighted by Gasteiger charge is 2.05. The van der Waals surface area contributed by atoms with E-state index in [9.17, 15) is 5.11 Å². The number of hydrogen-bond donors (Lipinski definition) is 2. The number of aromatic nitrogens is 2. The highest BCUT2D eigenvalue weighted by Crippen LogP contribution is 2.25. The highest BCUT2D eigenvalue weighted by molar-refractivity contribution is 5.79. The molecule has 4 aromatic rings. The van der Waals surface area contributed by atoms with Crippen LogP contribution < -0.4 is 0 Å². The van der Waals surface area contributed by atoms with Crippen LogP contribution in [0, 0.1) is 0 Å². The maximum Gasteiger partial charge on any atom is 0.138 e. The van der Waals surface area contributed by atoms with Gasteiger partial charge in [0.25, 0.3) is 0 Å². The first-order chi connectivity index (χ1) is 11.3. The smallest absolute Gasteiger partial charge is 0.138 e. The minimum atomic E-state index is 0.0604. The van der Waals surface area contributed by atoms with Crippen LogP contribution >= 0.6 is 0 Å². The summed E-state index contributed by atoms with van der Waals surface area (Å²) in [5.74, 6) is 0.877. The van der Waals surface area contributed by atoms with Crippen molar-refractivity contribution in [3.63, 3.8) is 0 Å². The number of H-pyrrole nitrogens is 1. The molecule has 0 aliphatic heterocycles. The summed E-state index contributed by atoms with van der Waals surface area (Å²) in [5, 5.41) is 9.26. The Balaban J connectivity index is 1.69. The first-order valence-corrected chi connectivity index (χ1v) is 7.59. The minimum absolute atomic E-state index is 0.0604. The highest BCUT2D eigenvalue weighted by atomic mass is 16.3. The van der Waals surface area contributed by atoms with Crippen LogP contribution in [-0.4, -0.2) is 15.1 Å². The third-order valence-electron chi connectivity index (χ3n) is 3.99. The van der Waals surface area contributed by atoms with Gasteiger partial charge in [-0.2, -0.15) is 0 Å². The average molecular weight is 300 g/mol. The Labute approximate surface area is 134 Å². The first-order valence-electron chi connectivity index (χ1n) is 7.59. The summed E-state index contributed by atoms with van der Waals surface area (Å²) < 4.78 is 0. The molecule has 0 bridgehead atoms. The number of benzene rings is 3. The molecule has 0 spiro atoms. The summed E-state index contributed by atoms with van der Waals surface area (Å²) >= 11 is 0. The van der Waals surface area contributed by atoms with Gasteiger partial charge in [0, 0.05) is 5.56 Å². The maximum atomic E-state index is 9.26. The van der Waals surface area contributed by atoms with E-state index < -0.39 is 0 Å². The lowest BCUT2D eigenvalue weighted by atomic mass is 10.0. The van der Waals surface area contributed by atoms with Gasteiger partial charge in [-0.25, -0.2) is 4.98 Å². The monoisotopic (exact) mass is 300 g/mol. The molecule has 0 radical (unpaired) electrons. The van der Waals surface area contributed by atoms with Gasteiger partial charge in [-0.15, -0.1) is 0 Å². The molecule has 1 heterocycles. The predicted octanol–water partition coefficient (Wildman–Crippen LogP) is 4.39. The summed E-state index contributed by atoms with van der Waals surface area (Å²) in [6, 6.07) is 24.3. The zero-order valence-corrected chi connectivity index (χ0v) is 12.5. The van der Waals surface area contributed by atoms with Crippen molar-refractivity contribution in [2.24, 2.45) is 0 Å². The molecule has 112 valence electrons. The summed E-state index contributed by atoms with van der Waals surface area (Å²) in [6.45, 7) is 0.0604. The Morgan fingerprint density at radius 2 is 1.57 bits per heavy atom. The number of fused-ring (bicyclic) bond motifs is 1. The lowest BCUT2D eigenvalue weighted by Gasteiger charge is -2.05. The average Bonchev–Trinajstić information content (AvgIpc) is 3.06. The van der Waals surface area contributed by atoms with Crippen LogP contribution in [0.5, 0.6) is 0 Å². The third-order valence-corrected chi connectivity index (χ3v) is 3.99. The molecule has 2 N–H and O–H groups in total. The lowest BCUT2D eigenvalue weighted by molar-refractivity contribution is 0.282. The number of hydrogen-bond acceptors (Lipinski definition) is 2. The third kappa shape index (κ3) is 2.62. The Kier molecular flexibility index (Phi) is 3.41.